The number of aromatic hydroxyl groups is 1. The Morgan fingerprint density at radius 3 is 2.70 bits per heavy atom. The van der Waals surface area contributed by atoms with Gasteiger partial charge in [-0.3, -0.25) is 19.3 Å². The number of nitrogens with two attached hydrogens (primary N) is 1. The molecule has 43 heavy (non-hydrogen) atoms. The van der Waals surface area contributed by atoms with E-state index in [0.29, 0.717) is 10.6 Å². The number of aryl methyl sites for hydroxylation is 1. The van der Waals surface area contributed by atoms with Crippen LogP contribution < -0.4 is 16.6 Å². The summed E-state index contributed by atoms with van der Waals surface area (Å²) >= 11 is 9.29. The number of oxime groups is 1. The number of benzene rings is 1. The monoisotopic (exact) mass is 664 g/mol. The summed E-state index contributed by atoms with van der Waals surface area (Å²) in [4.78, 5) is 64.7. The summed E-state index contributed by atoms with van der Waals surface area (Å²) in [5.41, 5.74) is 5.71. The third kappa shape index (κ3) is 6.46. The van der Waals surface area contributed by atoms with Crippen LogP contribution in [0.1, 0.15) is 11.3 Å². The maximum atomic E-state index is 13.3. The van der Waals surface area contributed by atoms with Crippen molar-refractivity contribution >= 4 is 75.1 Å². The Balaban J connectivity index is 1.30. The molecule has 2 aliphatic rings. The molecular weight excluding hydrogens is 644 g/mol. The number of nitrogen functional groups attached to an aromatic ring is 1. The number of aliphatic carboxylic acids is 1. The molecule has 5 N–H and O–H groups in total. The van der Waals surface area contributed by atoms with Crippen LogP contribution in [0, 0.1) is 0 Å². The van der Waals surface area contributed by atoms with Gasteiger partial charge in [0.15, 0.2) is 16.0 Å². The summed E-state index contributed by atoms with van der Waals surface area (Å²) in [5.74, 6) is -3.15. The fourth-order valence-electron chi connectivity index (χ4n) is 4.07. The Bertz CT molecular complexity index is 1730. The summed E-state index contributed by atoms with van der Waals surface area (Å²) in [7, 11) is 1.47. The van der Waals surface area contributed by atoms with Crippen LogP contribution in [-0.2, 0) is 32.9 Å². The summed E-state index contributed by atoms with van der Waals surface area (Å²) in [6, 6.07) is 5.80. The SMILES string of the molecule is Cn1nc(O)c(=O)nc1SCC1=C(C(=O)O)N2C(=O)[C@@H](NC(=O)C(=NOCc3ccc(Cl)cc3)c3csc(N)n3)[C@@H]2SC1. The molecule has 0 bridgehead atoms. The van der Waals surface area contributed by atoms with Crippen molar-refractivity contribution in [2.24, 2.45) is 12.2 Å². The second-order valence-electron chi connectivity index (χ2n) is 8.96. The van der Waals surface area contributed by atoms with Gasteiger partial charge in [-0.15, -0.1) is 28.2 Å². The first-order chi connectivity index (χ1) is 20.5. The van der Waals surface area contributed by atoms with Gasteiger partial charge in [-0.25, -0.2) is 14.5 Å². The van der Waals surface area contributed by atoms with Crippen molar-refractivity contribution in [1.82, 2.24) is 30.0 Å². The highest BCUT2D eigenvalue weighted by atomic mass is 35.5. The quantitative estimate of drug-likeness (QED) is 0.103. The van der Waals surface area contributed by atoms with E-state index in [1.807, 2.05) is 0 Å². The van der Waals surface area contributed by atoms with Gasteiger partial charge in [-0.05, 0) is 23.3 Å². The standard InChI is InChI=1S/C24H21ClN8O7S3/c1-32-24(29-18(35)19(36)30-32)43-8-11-7-41-21-15(20(37)33(21)16(11)22(38)39)28-17(34)14(13-9-42-23(26)27-13)31-40-6-10-2-4-12(25)5-3-10/h2-5,9,15,21H,6-8H2,1H3,(H2,26,27)(H,28,34)(H,30,36)(H,38,39)/t15-,21+/m1/s1. The zero-order valence-corrected chi connectivity index (χ0v) is 25.2. The minimum Gasteiger partial charge on any atom is -0.488 e. The molecule has 1 saturated heterocycles. The zero-order valence-electron chi connectivity index (χ0n) is 22.0. The Morgan fingerprint density at radius 1 is 1.28 bits per heavy atom. The Morgan fingerprint density at radius 2 is 2.02 bits per heavy atom. The van der Waals surface area contributed by atoms with Crippen molar-refractivity contribution in [3.63, 3.8) is 0 Å². The van der Waals surface area contributed by atoms with Crippen molar-refractivity contribution in [1.29, 1.82) is 0 Å². The van der Waals surface area contributed by atoms with Gasteiger partial charge in [0.1, 0.15) is 29.4 Å². The van der Waals surface area contributed by atoms with Gasteiger partial charge in [0.05, 0.1) is 0 Å². The lowest BCUT2D eigenvalue weighted by Crippen LogP contribution is -2.71. The summed E-state index contributed by atoms with van der Waals surface area (Å²) in [6.45, 7) is 0.0274. The molecule has 2 amide bonds. The highest BCUT2D eigenvalue weighted by molar-refractivity contribution is 8.01. The summed E-state index contributed by atoms with van der Waals surface area (Å²) < 4.78 is 1.19. The average molecular weight is 665 g/mol. The van der Waals surface area contributed by atoms with Crippen LogP contribution in [0.2, 0.25) is 5.02 Å². The highest BCUT2D eigenvalue weighted by Gasteiger charge is 2.54. The topological polar surface area (TPSA) is 215 Å². The van der Waals surface area contributed by atoms with E-state index in [2.05, 4.69) is 25.5 Å². The number of hydrogen-bond donors (Lipinski definition) is 4. The van der Waals surface area contributed by atoms with Gasteiger partial charge in [0.25, 0.3) is 17.7 Å². The van der Waals surface area contributed by atoms with E-state index in [1.54, 1.807) is 24.3 Å². The number of β-lactam (4-membered cyclic amide) rings is 1. The molecule has 0 aliphatic carbocycles. The summed E-state index contributed by atoms with van der Waals surface area (Å²) in [5, 5.41) is 31.4. The number of aromatic nitrogens is 4. The van der Waals surface area contributed by atoms with E-state index in [9.17, 15) is 29.4 Å². The number of carboxylic acid groups (broad SMARTS) is 1. The van der Waals surface area contributed by atoms with Crippen molar-refractivity contribution in [3.05, 3.63) is 67.5 Å². The number of nitrogens with one attached hydrogen (secondary N) is 1. The fourth-order valence-corrected chi connectivity index (χ4v) is 7.14. The molecule has 2 aromatic heterocycles. The number of nitrogens with zero attached hydrogens (tertiary/aromatic N) is 6. The number of amides is 2. The number of thiazole rings is 1. The van der Waals surface area contributed by atoms with Crippen LogP contribution in [0.15, 0.2) is 56.0 Å². The molecule has 0 saturated carbocycles. The fraction of sp³-hybridized carbons (Fsp3) is 0.250. The maximum absolute atomic E-state index is 13.3. The molecular formula is C24H21ClN8O7S3. The van der Waals surface area contributed by atoms with Gasteiger partial charge in [-0.2, -0.15) is 4.98 Å². The molecule has 0 spiro atoms. The van der Waals surface area contributed by atoms with E-state index in [-0.39, 0.29) is 45.5 Å². The zero-order chi connectivity index (χ0) is 30.8. The smallest absolute Gasteiger partial charge is 0.352 e. The third-order valence-electron chi connectivity index (χ3n) is 6.10. The second-order valence-corrected chi connectivity index (χ2v) is 12.3. The van der Waals surface area contributed by atoms with E-state index in [1.165, 1.54) is 28.9 Å². The number of fused-ring (bicyclic) bond motifs is 1. The molecule has 224 valence electrons. The number of carbonyl (C=O) groups is 3. The lowest BCUT2D eigenvalue weighted by atomic mass is 10.0. The van der Waals surface area contributed by atoms with E-state index >= 15 is 0 Å². The predicted molar refractivity (Wildman–Crippen MR) is 159 cm³/mol. The molecule has 3 aromatic rings. The molecule has 0 unspecified atom stereocenters. The number of rotatable bonds is 10. The van der Waals surface area contributed by atoms with Crippen LogP contribution in [0.5, 0.6) is 5.88 Å². The first-order valence-corrected chi connectivity index (χ1v) is 15.5. The van der Waals surface area contributed by atoms with E-state index < -0.39 is 40.6 Å². The van der Waals surface area contributed by atoms with Crippen LogP contribution in [0.4, 0.5) is 5.13 Å². The van der Waals surface area contributed by atoms with E-state index in [4.69, 9.17) is 22.2 Å². The lowest BCUT2D eigenvalue weighted by Gasteiger charge is -2.49. The van der Waals surface area contributed by atoms with Crippen molar-refractivity contribution in [3.8, 4) is 5.88 Å². The Labute approximate surface area is 259 Å². The predicted octanol–water partition coefficient (Wildman–Crippen LogP) is 1.02. The lowest BCUT2D eigenvalue weighted by molar-refractivity contribution is -0.150. The Hall–Kier alpha value is -4.13. The molecule has 4 heterocycles. The Kier molecular flexibility index (Phi) is 8.90. The van der Waals surface area contributed by atoms with Crippen LogP contribution in [0.25, 0.3) is 0 Å². The number of thioether (sulfide) groups is 2. The highest BCUT2D eigenvalue weighted by Crippen LogP contribution is 2.41. The number of carbonyl (C=O) groups excluding carboxylic acids is 2. The normalized spacial score (nSPS) is 18.2. The molecule has 15 nitrogen and oxygen atoms in total. The molecule has 1 fully saturated rings. The van der Waals surface area contributed by atoms with Gasteiger partial charge in [0, 0.05) is 29.0 Å². The van der Waals surface area contributed by atoms with Crippen molar-refractivity contribution in [2.75, 3.05) is 17.2 Å². The van der Waals surface area contributed by atoms with Crippen LogP contribution in [-0.4, -0.2) is 81.3 Å². The number of halogens is 1. The van der Waals surface area contributed by atoms with Gasteiger partial charge < -0.3 is 26.1 Å². The molecule has 5 rings (SSSR count). The number of carboxylic acids is 1. The number of hydrogen-bond acceptors (Lipinski definition) is 14. The van der Waals surface area contributed by atoms with Crippen molar-refractivity contribution in [2.45, 2.75) is 23.2 Å². The second kappa shape index (κ2) is 12.6. The first-order valence-electron chi connectivity index (χ1n) is 12.2. The summed E-state index contributed by atoms with van der Waals surface area (Å²) in [6.07, 6.45) is 0. The maximum Gasteiger partial charge on any atom is 0.352 e. The van der Waals surface area contributed by atoms with Gasteiger partial charge in [0.2, 0.25) is 0 Å². The third-order valence-corrected chi connectivity index (χ3v) is 9.47. The van der Waals surface area contributed by atoms with Crippen LogP contribution >= 0.6 is 46.5 Å². The largest absolute Gasteiger partial charge is 0.488 e. The molecule has 0 radical (unpaired) electrons. The minimum atomic E-state index is -1.32. The van der Waals surface area contributed by atoms with Crippen molar-refractivity contribution < 1.29 is 29.4 Å². The first kappa shape index (κ1) is 30.3. The molecule has 19 heteroatoms. The van der Waals surface area contributed by atoms with Gasteiger partial charge in [-0.1, -0.05) is 40.7 Å². The van der Waals surface area contributed by atoms with E-state index in [0.717, 1.165) is 33.6 Å². The minimum absolute atomic E-state index is 0.0274. The molecule has 1 aromatic carbocycles. The average Bonchev–Trinajstić information content (AvgIpc) is 3.40. The van der Waals surface area contributed by atoms with Gasteiger partial charge >= 0.3 is 11.5 Å². The molecule has 2 aliphatic heterocycles. The molecule has 2 atom stereocenters. The number of anilines is 1. The van der Waals surface area contributed by atoms with Crippen LogP contribution in [0.3, 0.4) is 0 Å².